The highest BCUT2D eigenvalue weighted by atomic mass is 16.5. The minimum absolute atomic E-state index is 0.297. The number of carbonyl (C=O) groups excluding carboxylic acids is 1. The number of hydrogen-bond donors (Lipinski definition) is 1. The molecular formula is C9H18N2O3. The van der Waals surface area contributed by atoms with Crippen molar-refractivity contribution in [1.82, 2.24) is 4.90 Å². The molecule has 82 valence electrons. The molecule has 1 saturated heterocycles. The topological polar surface area (TPSA) is 64.8 Å². The summed E-state index contributed by atoms with van der Waals surface area (Å²) in [5, 5.41) is 0. The second kappa shape index (κ2) is 4.61. The number of ether oxygens (including phenoxy) is 2. The summed E-state index contributed by atoms with van der Waals surface area (Å²) < 4.78 is 9.61. The van der Waals surface area contributed by atoms with Crippen LogP contribution in [0.2, 0.25) is 0 Å². The lowest BCUT2D eigenvalue weighted by atomic mass is 9.96. The van der Waals surface area contributed by atoms with E-state index in [1.165, 1.54) is 7.11 Å². The van der Waals surface area contributed by atoms with E-state index in [0.29, 0.717) is 19.7 Å². The molecule has 1 fully saturated rings. The Bertz CT molecular complexity index is 210. The van der Waals surface area contributed by atoms with Crippen molar-refractivity contribution < 1.29 is 14.3 Å². The average Bonchev–Trinajstić information content (AvgIpc) is 2.57. The molecule has 1 rings (SSSR count). The van der Waals surface area contributed by atoms with Crippen LogP contribution < -0.4 is 5.73 Å². The highest BCUT2D eigenvalue weighted by molar-refractivity contribution is 5.68. The minimum atomic E-state index is -0.301. The van der Waals surface area contributed by atoms with Crippen LogP contribution in [0.4, 0.5) is 4.79 Å². The van der Waals surface area contributed by atoms with Gasteiger partial charge in [0.1, 0.15) is 0 Å². The fourth-order valence-corrected chi connectivity index (χ4v) is 1.69. The Balaban J connectivity index is 2.42. The summed E-state index contributed by atoms with van der Waals surface area (Å²) in [6.07, 6.45) is 1.29. The van der Waals surface area contributed by atoms with Gasteiger partial charge in [-0.1, -0.05) is 0 Å². The Morgan fingerprint density at radius 3 is 2.86 bits per heavy atom. The summed E-state index contributed by atoms with van der Waals surface area (Å²) in [6.45, 7) is 1.86. The van der Waals surface area contributed by atoms with Crippen molar-refractivity contribution in [1.29, 1.82) is 0 Å². The molecule has 0 aromatic rings. The van der Waals surface area contributed by atoms with Crippen molar-refractivity contribution in [2.24, 2.45) is 5.73 Å². The lowest BCUT2D eigenvalue weighted by Gasteiger charge is -2.23. The minimum Gasteiger partial charge on any atom is -0.453 e. The average molecular weight is 202 g/mol. The molecule has 2 N–H and O–H groups in total. The summed E-state index contributed by atoms with van der Waals surface area (Å²) in [5.41, 5.74) is 5.80. The van der Waals surface area contributed by atoms with E-state index in [9.17, 15) is 4.79 Å². The lowest BCUT2D eigenvalue weighted by Crippen LogP contribution is -2.44. The predicted molar refractivity (Wildman–Crippen MR) is 52.0 cm³/mol. The van der Waals surface area contributed by atoms with Crippen molar-refractivity contribution in [2.75, 3.05) is 33.9 Å². The van der Waals surface area contributed by atoms with E-state index in [1.54, 1.807) is 12.0 Å². The first-order chi connectivity index (χ1) is 6.61. The summed E-state index contributed by atoms with van der Waals surface area (Å²) in [6, 6.07) is 0. The Kier molecular flexibility index (Phi) is 3.71. The molecule has 0 spiro atoms. The zero-order chi connectivity index (χ0) is 10.6. The number of carbonyl (C=O) groups is 1. The van der Waals surface area contributed by atoms with Crippen LogP contribution in [-0.4, -0.2) is 50.4 Å². The van der Waals surface area contributed by atoms with Crippen LogP contribution in [0.25, 0.3) is 0 Å². The Morgan fingerprint density at radius 2 is 2.29 bits per heavy atom. The van der Waals surface area contributed by atoms with Gasteiger partial charge in [0, 0.05) is 32.3 Å². The van der Waals surface area contributed by atoms with Gasteiger partial charge in [-0.2, -0.15) is 0 Å². The van der Waals surface area contributed by atoms with E-state index in [2.05, 4.69) is 4.74 Å². The molecule has 5 heteroatoms. The molecule has 0 aromatic carbocycles. The molecule has 1 heterocycles. The molecule has 1 amide bonds. The zero-order valence-electron chi connectivity index (χ0n) is 8.78. The van der Waals surface area contributed by atoms with Gasteiger partial charge in [0.05, 0.1) is 7.11 Å². The normalized spacial score (nSPS) is 26.6. The monoisotopic (exact) mass is 202 g/mol. The molecule has 1 aliphatic heterocycles. The number of rotatable bonds is 3. The van der Waals surface area contributed by atoms with Crippen LogP contribution in [0, 0.1) is 0 Å². The molecule has 0 bridgehead atoms. The van der Waals surface area contributed by atoms with Crippen LogP contribution >= 0.6 is 0 Å². The van der Waals surface area contributed by atoms with Gasteiger partial charge in [0.15, 0.2) is 0 Å². The van der Waals surface area contributed by atoms with E-state index in [1.807, 2.05) is 0 Å². The van der Waals surface area contributed by atoms with Gasteiger partial charge < -0.3 is 20.1 Å². The van der Waals surface area contributed by atoms with Gasteiger partial charge in [-0.15, -0.1) is 0 Å². The van der Waals surface area contributed by atoms with Crippen LogP contribution in [-0.2, 0) is 9.47 Å². The highest BCUT2D eigenvalue weighted by Crippen LogP contribution is 2.22. The first-order valence-corrected chi connectivity index (χ1v) is 4.72. The number of nitrogens with zero attached hydrogens (tertiary/aromatic N) is 1. The van der Waals surface area contributed by atoms with Crippen LogP contribution in [0.5, 0.6) is 0 Å². The van der Waals surface area contributed by atoms with Crippen molar-refractivity contribution in [3.05, 3.63) is 0 Å². The predicted octanol–water partition coefficient (Wildman–Crippen LogP) is 0.193. The van der Waals surface area contributed by atoms with Crippen molar-refractivity contribution >= 4 is 6.09 Å². The van der Waals surface area contributed by atoms with E-state index in [4.69, 9.17) is 10.5 Å². The largest absolute Gasteiger partial charge is 0.453 e. The van der Waals surface area contributed by atoms with E-state index in [0.717, 1.165) is 12.8 Å². The third-order valence-corrected chi connectivity index (χ3v) is 2.62. The standard InChI is InChI=1S/C9H18N2O3/c1-13-6-4-9(10)3-5-11(7-9)8(12)14-2/h3-7,10H2,1-2H3. The Hall–Kier alpha value is -0.810. The number of nitrogens with two attached hydrogens (primary N) is 1. The summed E-state index contributed by atoms with van der Waals surface area (Å²) >= 11 is 0. The van der Waals surface area contributed by atoms with E-state index in [-0.39, 0.29) is 11.6 Å². The van der Waals surface area contributed by atoms with Gasteiger partial charge in [0.2, 0.25) is 0 Å². The summed E-state index contributed by atoms with van der Waals surface area (Å²) in [4.78, 5) is 12.8. The van der Waals surface area contributed by atoms with Crippen LogP contribution in [0.15, 0.2) is 0 Å². The van der Waals surface area contributed by atoms with Gasteiger partial charge in [-0.25, -0.2) is 4.79 Å². The molecule has 5 nitrogen and oxygen atoms in total. The Labute approximate surface area is 84.1 Å². The smallest absolute Gasteiger partial charge is 0.409 e. The molecular weight excluding hydrogens is 184 g/mol. The van der Waals surface area contributed by atoms with Crippen molar-refractivity contribution in [2.45, 2.75) is 18.4 Å². The molecule has 0 saturated carbocycles. The molecule has 0 aromatic heterocycles. The van der Waals surface area contributed by atoms with Gasteiger partial charge in [-0.05, 0) is 12.8 Å². The van der Waals surface area contributed by atoms with Gasteiger partial charge >= 0.3 is 6.09 Å². The first-order valence-electron chi connectivity index (χ1n) is 4.72. The van der Waals surface area contributed by atoms with Gasteiger partial charge in [0.25, 0.3) is 0 Å². The quantitative estimate of drug-likeness (QED) is 0.709. The molecule has 14 heavy (non-hydrogen) atoms. The Morgan fingerprint density at radius 1 is 1.57 bits per heavy atom. The van der Waals surface area contributed by atoms with Gasteiger partial charge in [-0.3, -0.25) is 0 Å². The second-order valence-electron chi connectivity index (χ2n) is 3.75. The first kappa shape index (κ1) is 11.3. The fourth-order valence-electron chi connectivity index (χ4n) is 1.69. The number of likely N-dealkylation sites (tertiary alicyclic amines) is 1. The molecule has 0 aliphatic carbocycles. The fraction of sp³-hybridized carbons (Fsp3) is 0.889. The molecule has 1 aliphatic rings. The summed E-state index contributed by atoms with van der Waals surface area (Å²) in [5.74, 6) is 0. The summed E-state index contributed by atoms with van der Waals surface area (Å²) in [7, 11) is 3.03. The third kappa shape index (κ3) is 2.59. The third-order valence-electron chi connectivity index (χ3n) is 2.62. The zero-order valence-corrected chi connectivity index (χ0v) is 8.78. The van der Waals surface area contributed by atoms with Crippen LogP contribution in [0.1, 0.15) is 12.8 Å². The maximum absolute atomic E-state index is 11.2. The second-order valence-corrected chi connectivity index (χ2v) is 3.75. The van der Waals surface area contributed by atoms with Crippen molar-refractivity contribution in [3.8, 4) is 0 Å². The molecule has 1 atom stereocenters. The maximum Gasteiger partial charge on any atom is 0.409 e. The molecule has 1 unspecified atom stereocenters. The highest BCUT2D eigenvalue weighted by Gasteiger charge is 2.36. The number of methoxy groups -OCH3 is 2. The lowest BCUT2D eigenvalue weighted by molar-refractivity contribution is 0.127. The van der Waals surface area contributed by atoms with E-state index < -0.39 is 0 Å². The number of hydrogen-bond acceptors (Lipinski definition) is 4. The van der Waals surface area contributed by atoms with E-state index >= 15 is 0 Å². The SMILES string of the molecule is COCCC1(N)CCN(C(=O)OC)C1. The molecule has 0 radical (unpaired) electrons. The maximum atomic E-state index is 11.2. The van der Waals surface area contributed by atoms with Crippen LogP contribution in [0.3, 0.4) is 0 Å². The number of amides is 1. The van der Waals surface area contributed by atoms with Crippen molar-refractivity contribution in [3.63, 3.8) is 0 Å².